The van der Waals surface area contributed by atoms with Crippen LogP contribution in [0.4, 0.5) is 0 Å². The molecule has 0 aromatic rings. The van der Waals surface area contributed by atoms with Crippen molar-refractivity contribution in [3.8, 4) is 11.8 Å². The van der Waals surface area contributed by atoms with Crippen LogP contribution in [0.15, 0.2) is 0 Å². The average Bonchev–Trinajstić information content (AvgIpc) is 2.28. The number of likely N-dealkylation sites (tertiary alicyclic amines) is 1. The molecule has 0 saturated carbocycles. The van der Waals surface area contributed by atoms with E-state index in [-0.39, 0.29) is 0 Å². The zero-order chi connectivity index (χ0) is 10.9. The lowest BCUT2D eigenvalue weighted by Crippen LogP contribution is -2.41. The lowest BCUT2D eigenvalue weighted by Gasteiger charge is -2.35. The molecule has 1 unspecified atom stereocenters. The van der Waals surface area contributed by atoms with Gasteiger partial charge in [0.05, 0.1) is 0 Å². The molecule has 2 nitrogen and oxygen atoms in total. The van der Waals surface area contributed by atoms with E-state index in [1.165, 1.54) is 32.2 Å². The molecule has 86 valence electrons. The van der Waals surface area contributed by atoms with Crippen molar-refractivity contribution in [3.05, 3.63) is 0 Å². The molecule has 0 bridgehead atoms. The van der Waals surface area contributed by atoms with Crippen LogP contribution in [0.5, 0.6) is 0 Å². The third-order valence-corrected chi connectivity index (χ3v) is 3.18. The molecule has 1 saturated heterocycles. The van der Waals surface area contributed by atoms with E-state index in [1.807, 2.05) is 14.0 Å². The summed E-state index contributed by atoms with van der Waals surface area (Å²) in [5.41, 5.74) is 0. The first kappa shape index (κ1) is 12.5. The molecule has 1 N–H and O–H groups in total. The molecule has 1 aliphatic heterocycles. The maximum atomic E-state index is 3.25. The van der Waals surface area contributed by atoms with Crippen LogP contribution in [-0.2, 0) is 0 Å². The maximum absolute atomic E-state index is 3.25. The largest absolute Gasteiger partial charge is 0.320 e. The van der Waals surface area contributed by atoms with E-state index < -0.39 is 0 Å². The van der Waals surface area contributed by atoms with E-state index in [4.69, 9.17) is 0 Å². The molecule has 2 heteroatoms. The molecule has 1 rings (SSSR count). The summed E-state index contributed by atoms with van der Waals surface area (Å²) in [5, 5.41) is 3.25. The van der Waals surface area contributed by atoms with Gasteiger partial charge in [-0.2, -0.15) is 0 Å². The second-order valence-corrected chi connectivity index (χ2v) is 4.25. The minimum atomic E-state index is 0.796. The third-order valence-electron chi connectivity index (χ3n) is 3.18. The van der Waals surface area contributed by atoms with Gasteiger partial charge in [0.2, 0.25) is 0 Å². The number of hydrogen-bond acceptors (Lipinski definition) is 2. The fourth-order valence-corrected chi connectivity index (χ4v) is 2.32. The van der Waals surface area contributed by atoms with Gasteiger partial charge >= 0.3 is 0 Å². The molecule has 0 aromatic heterocycles. The standard InChI is InChI=1S/C13H24N2/c1-3-4-6-11-15-12-7-5-8-13(15)9-10-14-2/h13-14H,5-12H2,1-2H3. The minimum absolute atomic E-state index is 0.796. The van der Waals surface area contributed by atoms with Gasteiger partial charge in [0.1, 0.15) is 0 Å². The van der Waals surface area contributed by atoms with Crippen LogP contribution in [0.3, 0.4) is 0 Å². The van der Waals surface area contributed by atoms with Gasteiger partial charge in [-0.05, 0) is 46.3 Å². The smallest absolute Gasteiger partial charge is 0.0217 e. The van der Waals surface area contributed by atoms with E-state index in [2.05, 4.69) is 22.1 Å². The summed E-state index contributed by atoms with van der Waals surface area (Å²) in [4.78, 5) is 2.63. The van der Waals surface area contributed by atoms with Gasteiger partial charge in [-0.3, -0.25) is 4.90 Å². The van der Waals surface area contributed by atoms with Crippen LogP contribution in [-0.4, -0.2) is 37.6 Å². The Hall–Kier alpha value is -0.520. The summed E-state index contributed by atoms with van der Waals surface area (Å²) in [7, 11) is 2.04. The van der Waals surface area contributed by atoms with Crippen molar-refractivity contribution >= 4 is 0 Å². The summed E-state index contributed by atoms with van der Waals surface area (Å²) < 4.78 is 0. The highest BCUT2D eigenvalue weighted by Gasteiger charge is 2.20. The molecule has 0 aliphatic carbocycles. The van der Waals surface area contributed by atoms with E-state index in [1.54, 1.807) is 0 Å². The molecule has 1 aliphatic rings. The third kappa shape index (κ3) is 4.68. The van der Waals surface area contributed by atoms with Crippen LogP contribution >= 0.6 is 0 Å². The van der Waals surface area contributed by atoms with E-state index >= 15 is 0 Å². The highest BCUT2D eigenvalue weighted by Crippen LogP contribution is 2.19. The van der Waals surface area contributed by atoms with Gasteiger partial charge in [0.25, 0.3) is 0 Å². The Labute approximate surface area is 94.4 Å². The lowest BCUT2D eigenvalue weighted by molar-refractivity contribution is 0.144. The number of hydrogen-bond donors (Lipinski definition) is 1. The van der Waals surface area contributed by atoms with Crippen LogP contribution in [0.1, 0.15) is 39.0 Å². The van der Waals surface area contributed by atoms with E-state index in [0.717, 1.165) is 25.6 Å². The molecule has 15 heavy (non-hydrogen) atoms. The Balaban J connectivity index is 2.30. The number of rotatable bonds is 5. The first-order valence-corrected chi connectivity index (χ1v) is 6.16. The number of piperidine rings is 1. The van der Waals surface area contributed by atoms with Crippen LogP contribution in [0.2, 0.25) is 0 Å². The molecule has 0 radical (unpaired) electrons. The van der Waals surface area contributed by atoms with Crippen molar-refractivity contribution in [2.75, 3.05) is 26.7 Å². The summed E-state index contributed by atoms with van der Waals surface area (Å²) in [5.74, 6) is 6.14. The topological polar surface area (TPSA) is 15.3 Å². The fraction of sp³-hybridized carbons (Fsp3) is 0.846. The Bertz CT molecular complexity index is 214. The maximum Gasteiger partial charge on any atom is 0.0217 e. The first-order chi connectivity index (χ1) is 7.38. The Morgan fingerprint density at radius 3 is 3.00 bits per heavy atom. The zero-order valence-corrected chi connectivity index (χ0v) is 10.2. The quantitative estimate of drug-likeness (QED) is 0.694. The molecule has 1 atom stereocenters. The van der Waals surface area contributed by atoms with Gasteiger partial charge in [0.15, 0.2) is 0 Å². The summed E-state index contributed by atoms with van der Waals surface area (Å²) in [6.45, 7) is 5.50. The molecule has 0 spiro atoms. The molecule has 0 amide bonds. The van der Waals surface area contributed by atoms with Crippen molar-refractivity contribution < 1.29 is 0 Å². The SMILES string of the molecule is CC#CCCN1CCCCC1CCNC. The zero-order valence-electron chi connectivity index (χ0n) is 10.2. The van der Waals surface area contributed by atoms with Gasteiger partial charge in [-0.1, -0.05) is 6.42 Å². The second-order valence-electron chi connectivity index (χ2n) is 4.25. The predicted molar refractivity (Wildman–Crippen MR) is 65.8 cm³/mol. The van der Waals surface area contributed by atoms with E-state index in [9.17, 15) is 0 Å². The second kappa shape index (κ2) is 7.73. The van der Waals surface area contributed by atoms with Crippen LogP contribution < -0.4 is 5.32 Å². The molecule has 1 heterocycles. The molecule has 0 aromatic carbocycles. The van der Waals surface area contributed by atoms with Crippen LogP contribution in [0.25, 0.3) is 0 Å². The average molecular weight is 208 g/mol. The Kier molecular flexibility index (Phi) is 6.47. The number of nitrogens with zero attached hydrogens (tertiary/aromatic N) is 1. The van der Waals surface area contributed by atoms with Crippen molar-refractivity contribution in [1.82, 2.24) is 10.2 Å². The highest BCUT2D eigenvalue weighted by molar-refractivity contribution is 4.96. The lowest BCUT2D eigenvalue weighted by atomic mass is 9.99. The summed E-state index contributed by atoms with van der Waals surface area (Å²) in [6, 6.07) is 0.796. The van der Waals surface area contributed by atoms with E-state index in [0.29, 0.717) is 0 Å². The van der Waals surface area contributed by atoms with Crippen LogP contribution in [0, 0.1) is 11.8 Å². The fourth-order valence-electron chi connectivity index (χ4n) is 2.32. The Morgan fingerprint density at radius 1 is 1.40 bits per heavy atom. The number of nitrogens with one attached hydrogen (secondary N) is 1. The van der Waals surface area contributed by atoms with Gasteiger partial charge < -0.3 is 5.32 Å². The normalized spacial score (nSPS) is 22.1. The van der Waals surface area contributed by atoms with Crippen molar-refractivity contribution in [1.29, 1.82) is 0 Å². The highest BCUT2D eigenvalue weighted by atomic mass is 15.2. The van der Waals surface area contributed by atoms with Gasteiger partial charge in [-0.15, -0.1) is 11.8 Å². The first-order valence-electron chi connectivity index (χ1n) is 6.16. The summed E-state index contributed by atoms with van der Waals surface area (Å²) in [6.07, 6.45) is 6.48. The van der Waals surface area contributed by atoms with Crippen molar-refractivity contribution in [2.24, 2.45) is 0 Å². The van der Waals surface area contributed by atoms with Gasteiger partial charge in [0, 0.05) is 19.0 Å². The molecule has 1 fully saturated rings. The Morgan fingerprint density at radius 2 is 2.27 bits per heavy atom. The monoisotopic (exact) mass is 208 g/mol. The predicted octanol–water partition coefficient (Wildman–Crippen LogP) is 1.86. The molecular weight excluding hydrogens is 184 g/mol. The van der Waals surface area contributed by atoms with Crippen molar-refractivity contribution in [3.63, 3.8) is 0 Å². The summed E-state index contributed by atoms with van der Waals surface area (Å²) >= 11 is 0. The van der Waals surface area contributed by atoms with Gasteiger partial charge in [-0.25, -0.2) is 0 Å². The molecular formula is C13H24N2. The van der Waals surface area contributed by atoms with Crippen molar-refractivity contribution in [2.45, 2.75) is 45.1 Å². The minimum Gasteiger partial charge on any atom is -0.320 e.